The van der Waals surface area contributed by atoms with Crippen molar-refractivity contribution in [2.24, 2.45) is 5.73 Å². The Bertz CT molecular complexity index is 354. The first kappa shape index (κ1) is 13.3. The minimum absolute atomic E-state index is 0.273. The van der Waals surface area contributed by atoms with Crippen LogP contribution in [-0.4, -0.2) is 49.3 Å². The fourth-order valence-corrected chi connectivity index (χ4v) is 2.17. The first-order chi connectivity index (χ1) is 8.81. The lowest BCUT2D eigenvalue weighted by atomic mass is 10.2. The highest BCUT2D eigenvalue weighted by Crippen LogP contribution is 2.13. The van der Waals surface area contributed by atoms with Crippen LogP contribution in [0.15, 0.2) is 18.3 Å². The van der Waals surface area contributed by atoms with E-state index in [0.717, 1.165) is 32.7 Å². The van der Waals surface area contributed by atoms with E-state index in [4.69, 9.17) is 15.2 Å². The fraction of sp³-hybridized carbons (Fsp3) is 0.615. The van der Waals surface area contributed by atoms with Gasteiger partial charge < -0.3 is 15.2 Å². The second-order valence-electron chi connectivity index (χ2n) is 4.51. The van der Waals surface area contributed by atoms with E-state index in [1.54, 1.807) is 7.11 Å². The summed E-state index contributed by atoms with van der Waals surface area (Å²) in [6.07, 6.45) is 3.07. The van der Waals surface area contributed by atoms with E-state index >= 15 is 0 Å². The Morgan fingerprint density at radius 2 is 2.44 bits per heavy atom. The van der Waals surface area contributed by atoms with Crippen molar-refractivity contribution in [3.05, 3.63) is 23.9 Å². The van der Waals surface area contributed by atoms with Crippen molar-refractivity contribution in [2.45, 2.75) is 19.1 Å². The van der Waals surface area contributed by atoms with Crippen LogP contribution in [0, 0.1) is 0 Å². The number of hydrogen-bond acceptors (Lipinski definition) is 5. The average molecular weight is 251 g/mol. The van der Waals surface area contributed by atoms with Gasteiger partial charge >= 0.3 is 0 Å². The van der Waals surface area contributed by atoms with E-state index in [-0.39, 0.29) is 6.10 Å². The van der Waals surface area contributed by atoms with Gasteiger partial charge in [0, 0.05) is 31.9 Å². The van der Waals surface area contributed by atoms with Crippen LogP contribution in [0.5, 0.6) is 5.88 Å². The van der Waals surface area contributed by atoms with E-state index in [0.29, 0.717) is 12.4 Å². The molecule has 2 heterocycles. The van der Waals surface area contributed by atoms with E-state index in [2.05, 4.69) is 16.0 Å². The van der Waals surface area contributed by atoms with Gasteiger partial charge in [0.2, 0.25) is 5.88 Å². The maximum Gasteiger partial charge on any atom is 0.212 e. The van der Waals surface area contributed by atoms with Crippen molar-refractivity contribution in [2.75, 3.05) is 33.4 Å². The highest BCUT2D eigenvalue weighted by Gasteiger charge is 2.19. The van der Waals surface area contributed by atoms with Gasteiger partial charge in [-0.05, 0) is 18.5 Å². The first-order valence-corrected chi connectivity index (χ1v) is 6.34. The van der Waals surface area contributed by atoms with Crippen LogP contribution in [0.2, 0.25) is 0 Å². The summed E-state index contributed by atoms with van der Waals surface area (Å²) in [5.41, 5.74) is 6.77. The molecule has 0 bridgehead atoms. The number of nitrogens with two attached hydrogens (primary N) is 1. The van der Waals surface area contributed by atoms with Gasteiger partial charge in [0.15, 0.2) is 0 Å². The SMILES string of the molecule is COc1ccc(CN2CCOC(CCN)C2)cn1. The Labute approximate surface area is 108 Å². The minimum Gasteiger partial charge on any atom is -0.481 e. The second-order valence-corrected chi connectivity index (χ2v) is 4.51. The Morgan fingerprint density at radius 3 is 3.11 bits per heavy atom. The number of morpholine rings is 1. The van der Waals surface area contributed by atoms with Crippen molar-refractivity contribution < 1.29 is 9.47 Å². The molecule has 1 aliphatic heterocycles. The van der Waals surface area contributed by atoms with Gasteiger partial charge in [-0.25, -0.2) is 4.98 Å². The Balaban J connectivity index is 1.87. The molecule has 0 radical (unpaired) electrons. The zero-order valence-corrected chi connectivity index (χ0v) is 10.8. The van der Waals surface area contributed by atoms with E-state index in [1.165, 1.54) is 5.56 Å². The predicted octanol–water partition coefficient (Wildman–Crippen LogP) is 0.640. The molecule has 1 atom stereocenters. The van der Waals surface area contributed by atoms with Crippen LogP contribution in [-0.2, 0) is 11.3 Å². The topological polar surface area (TPSA) is 60.6 Å². The zero-order chi connectivity index (χ0) is 12.8. The summed E-state index contributed by atoms with van der Waals surface area (Å²) in [6.45, 7) is 4.29. The lowest BCUT2D eigenvalue weighted by molar-refractivity contribution is -0.0335. The number of ether oxygens (including phenoxy) is 2. The highest BCUT2D eigenvalue weighted by atomic mass is 16.5. The molecule has 0 aliphatic carbocycles. The van der Waals surface area contributed by atoms with Gasteiger partial charge in [-0.3, -0.25) is 4.90 Å². The standard InChI is InChI=1S/C13H21N3O2/c1-17-13-3-2-11(8-15-13)9-16-6-7-18-12(10-16)4-5-14/h2-3,8,12H,4-7,9-10,14H2,1H3. The lowest BCUT2D eigenvalue weighted by Crippen LogP contribution is -2.42. The molecule has 5 heteroatoms. The number of aromatic nitrogens is 1. The maximum absolute atomic E-state index is 5.67. The summed E-state index contributed by atoms with van der Waals surface area (Å²) < 4.78 is 10.7. The zero-order valence-electron chi connectivity index (χ0n) is 10.8. The van der Waals surface area contributed by atoms with Crippen LogP contribution in [0.3, 0.4) is 0 Å². The number of methoxy groups -OCH3 is 1. The summed E-state index contributed by atoms with van der Waals surface area (Å²) in [7, 11) is 1.63. The van der Waals surface area contributed by atoms with Crippen LogP contribution in [0.4, 0.5) is 0 Å². The van der Waals surface area contributed by atoms with Crippen molar-refractivity contribution >= 4 is 0 Å². The van der Waals surface area contributed by atoms with Crippen LogP contribution in [0.1, 0.15) is 12.0 Å². The molecule has 1 saturated heterocycles. The fourth-order valence-electron chi connectivity index (χ4n) is 2.17. The lowest BCUT2D eigenvalue weighted by Gasteiger charge is -2.32. The largest absolute Gasteiger partial charge is 0.481 e. The van der Waals surface area contributed by atoms with Gasteiger partial charge in [0.25, 0.3) is 0 Å². The summed E-state index contributed by atoms with van der Waals surface area (Å²) in [5, 5.41) is 0. The molecule has 2 rings (SSSR count). The monoisotopic (exact) mass is 251 g/mol. The van der Waals surface area contributed by atoms with Crippen molar-refractivity contribution in [3.8, 4) is 5.88 Å². The van der Waals surface area contributed by atoms with Crippen LogP contribution < -0.4 is 10.5 Å². The van der Waals surface area contributed by atoms with Crippen LogP contribution in [0.25, 0.3) is 0 Å². The molecule has 1 fully saturated rings. The van der Waals surface area contributed by atoms with Gasteiger partial charge in [-0.1, -0.05) is 6.07 Å². The molecule has 0 saturated carbocycles. The average Bonchev–Trinajstić information content (AvgIpc) is 2.40. The number of rotatable bonds is 5. The molecule has 2 N–H and O–H groups in total. The number of hydrogen-bond donors (Lipinski definition) is 1. The molecular weight excluding hydrogens is 230 g/mol. The second kappa shape index (κ2) is 6.68. The maximum atomic E-state index is 5.67. The molecule has 18 heavy (non-hydrogen) atoms. The molecule has 1 aromatic rings. The number of pyridine rings is 1. The van der Waals surface area contributed by atoms with Gasteiger partial charge in [0.05, 0.1) is 19.8 Å². The van der Waals surface area contributed by atoms with Crippen molar-refractivity contribution in [1.29, 1.82) is 0 Å². The molecule has 1 aromatic heterocycles. The third kappa shape index (κ3) is 3.66. The van der Waals surface area contributed by atoms with Crippen molar-refractivity contribution in [3.63, 3.8) is 0 Å². The Morgan fingerprint density at radius 1 is 1.56 bits per heavy atom. The summed E-state index contributed by atoms with van der Waals surface area (Å²) in [5.74, 6) is 0.654. The normalized spacial score (nSPS) is 20.9. The minimum atomic E-state index is 0.273. The Kier molecular flexibility index (Phi) is 4.92. The highest BCUT2D eigenvalue weighted by molar-refractivity contribution is 5.17. The molecular formula is C13H21N3O2. The van der Waals surface area contributed by atoms with E-state index in [9.17, 15) is 0 Å². The number of nitrogens with zero attached hydrogens (tertiary/aromatic N) is 2. The first-order valence-electron chi connectivity index (χ1n) is 6.34. The molecule has 5 nitrogen and oxygen atoms in total. The molecule has 1 unspecified atom stereocenters. The van der Waals surface area contributed by atoms with E-state index in [1.807, 2.05) is 12.3 Å². The van der Waals surface area contributed by atoms with Gasteiger partial charge in [-0.2, -0.15) is 0 Å². The molecule has 0 spiro atoms. The Hall–Kier alpha value is -1.17. The van der Waals surface area contributed by atoms with Crippen LogP contribution >= 0.6 is 0 Å². The third-order valence-electron chi connectivity index (χ3n) is 3.12. The predicted molar refractivity (Wildman–Crippen MR) is 69.5 cm³/mol. The quantitative estimate of drug-likeness (QED) is 0.832. The smallest absolute Gasteiger partial charge is 0.212 e. The van der Waals surface area contributed by atoms with Gasteiger partial charge in [0.1, 0.15) is 0 Å². The van der Waals surface area contributed by atoms with E-state index < -0.39 is 0 Å². The summed E-state index contributed by atoms with van der Waals surface area (Å²) in [6, 6.07) is 3.95. The molecule has 0 amide bonds. The van der Waals surface area contributed by atoms with Crippen molar-refractivity contribution in [1.82, 2.24) is 9.88 Å². The summed E-state index contributed by atoms with van der Waals surface area (Å²) in [4.78, 5) is 6.60. The summed E-state index contributed by atoms with van der Waals surface area (Å²) >= 11 is 0. The third-order valence-corrected chi connectivity index (χ3v) is 3.12. The molecule has 1 aliphatic rings. The molecule has 0 aromatic carbocycles. The molecule has 100 valence electrons. The van der Waals surface area contributed by atoms with Gasteiger partial charge in [-0.15, -0.1) is 0 Å².